The number of aromatic hydroxyl groups is 1. The van der Waals surface area contributed by atoms with Gasteiger partial charge < -0.3 is 15.3 Å². The summed E-state index contributed by atoms with van der Waals surface area (Å²) in [6.45, 7) is 1.94. The van der Waals surface area contributed by atoms with E-state index < -0.39 is 5.82 Å². The first kappa shape index (κ1) is 16.8. The number of carbonyl (C=O) groups excluding carboxylic acids is 1. The molecule has 23 heavy (non-hydrogen) atoms. The molecule has 0 unspecified atom stereocenters. The summed E-state index contributed by atoms with van der Waals surface area (Å²) in [6, 6.07) is 0.896. The highest BCUT2D eigenvalue weighted by Crippen LogP contribution is 2.53. The summed E-state index contributed by atoms with van der Waals surface area (Å²) >= 11 is 6.13. The molecular formula is C16H19Cl2FN2O2. The molecule has 7 heteroatoms. The quantitative estimate of drug-likeness (QED) is 0.852. The van der Waals surface area contributed by atoms with Crippen molar-refractivity contribution in [1.82, 2.24) is 10.2 Å². The van der Waals surface area contributed by atoms with Gasteiger partial charge in [0.15, 0.2) is 11.6 Å². The number of hydrogen-bond donors (Lipinski definition) is 2. The summed E-state index contributed by atoms with van der Waals surface area (Å²) in [5.74, 6) is -0.887. The van der Waals surface area contributed by atoms with E-state index in [1.54, 1.807) is 0 Å². The first-order chi connectivity index (χ1) is 10.5. The van der Waals surface area contributed by atoms with Gasteiger partial charge in [-0.15, -0.1) is 12.4 Å². The number of hydrogen-bond acceptors (Lipinski definition) is 3. The van der Waals surface area contributed by atoms with Crippen molar-refractivity contribution < 1.29 is 14.3 Å². The summed E-state index contributed by atoms with van der Waals surface area (Å²) in [5, 5.41) is 13.8. The Bertz CT molecular complexity index is 664. The van der Waals surface area contributed by atoms with Crippen molar-refractivity contribution in [1.29, 1.82) is 0 Å². The molecule has 1 aromatic carbocycles. The Labute approximate surface area is 145 Å². The lowest BCUT2D eigenvalue weighted by molar-refractivity contribution is -0.128. The second-order valence-electron chi connectivity index (χ2n) is 6.79. The molecule has 1 aromatic rings. The average molecular weight is 361 g/mol. The number of phenolic OH excluding ortho intramolecular Hbond substituents is 1. The maximum absolute atomic E-state index is 13.8. The molecule has 4 nitrogen and oxygen atoms in total. The SMILES string of the molecule is Cl.O=C1CC2(CC2)CN1C[C@H]1NCCc2c(Cl)cc(F)c(O)c21. The molecule has 1 atom stereocenters. The number of likely N-dealkylation sites (tertiary alicyclic amines) is 1. The minimum absolute atomic E-state index is 0. The van der Waals surface area contributed by atoms with Crippen molar-refractivity contribution >= 4 is 29.9 Å². The lowest BCUT2D eigenvalue weighted by Crippen LogP contribution is -2.40. The normalized spacial score (nSPS) is 24.5. The zero-order valence-electron chi connectivity index (χ0n) is 12.6. The number of carbonyl (C=O) groups is 1. The third-order valence-electron chi connectivity index (χ3n) is 5.23. The minimum atomic E-state index is -0.705. The van der Waals surface area contributed by atoms with Gasteiger partial charge in [-0.1, -0.05) is 11.6 Å². The number of benzene rings is 1. The maximum Gasteiger partial charge on any atom is 0.223 e. The van der Waals surface area contributed by atoms with E-state index in [-0.39, 0.29) is 35.5 Å². The van der Waals surface area contributed by atoms with Crippen molar-refractivity contribution in [2.45, 2.75) is 31.7 Å². The van der Waals surface area contributed by atoms with Crippen molar-refractivity contribution in [2.75, 3.05) is 19.6 Å². The number of nitrogens with one attached hydrogen (secondary N) is 1. The lowest BCUT2D eigenvalue weighted by Gasteiger charge is -2.31. The van der Waals surface area contributed by atoms with Gasteiger partial charge in [-0.2, -0.15) is 0 Å². The molecule has 1 aliphatic carbocycles. The molecule has 1 amide bonds. The van der Waals surface area contributed by atoms with Crippen molar-refractivity contribution in [3.63, 3.8) is 0 Å². The third kappa shape index (κ3) is 2.79. The second-order valence-corrected chi connectivity index (χ2v) is 7.20. The van der Waals surface area contributed by atoms with Crippen LogP contribution in [0.25, 0.3) is 0 Å². The number of halogens is 3. The molecule has 2 heterocycles. The van der Waals surface area contributed by atoms with E-state index in [1.165, 1.54) is 0 Å². The fraction of sp³-hybridized carbons (Fsp3) is 0.562. The number of rotatable bonds is 2. The van der Waals surface area contributed by atoms with Crippen molar-refractivity contribution in [2.24, 2.45) is 5.41 Å². The minimum Gasteiger partial charge on any atom is -0.505 e. The summed E-state index contributed by atoms with van der Waals surface area (Å²) < 4.78 is 13.8. The van der Waals surface area contributed by atoms with Gasteiger partial charge in [0.2, 0.25) is 5.91 Å². The van der Waals surface area contributed by atoms with E-state index in [2.05, 4.69) is 5.32 Å². The zero-order chi connectivity index (χ0) is 15.5. The first-order valence-corrected chi connectivity index (χ1v) is 8.08. The highest BCUT2D eigenvalue weighted by atomic mass is 35.5. The van der Waals surface area contributed by atoms with Crippen LogP contribution in [0.5, 0.6) is 5.75 Å². The summed E-state index contributed by atoms with van der Waals surface area (Å²) in [4.78, 5) is 14.0. The Morgan fingerprint density at radius 1 is 1.48 bits per heavy atom. The van der Waals surface area contributed by atoms with Crippen LogP contribution in [0.4, 0.5) is 4.39 Å². The fourth-order valence-corrected chi connectivity index (χ4v) is 4.10. The van der Waals surface area contributed by atoms with Crippen molar-refractivity contribution in [3.8, 4) is 5.75 Å². The molecule has 1 spiro atoms. The van der Waals surface area contributed by atoms with Crippen LogP contribution >= 0.6 is 24.0 Å². The molecule has 2 fully saturated rings. The van der Waals surface area contributed by atoms with E-state index in [0.717, 1.165) is 31.0 Å². The summed E-state index contributed by atoms with van der Waals surface area (Å²) in [6.07, 6.45) is 3.52. The van der Waals surface area contributed by atoms with Crippen LogP contribution in [0.3, 0.4) is 0 Å². The lowest BCUT2D eigenvalue weighted by atomic mass is 9.92. The van der Waals surface area contributed by atoms with Gasteiger partial charge in [-0.3, -0.25) is 4.79 Å². The van der Waals surface area contributed by atoms with E-state index in [9.17, 15) is 14.3 Å². The van der Waals surface area contributed by atoms with Crippen LogP contribution in [0.15, 0.2) is 6.07 Å². The van der Waals surface area contributed by atoms with Gasteiger partial charge in [0.05, 0.1) is 6.04 Å². The summed E-state index contributed by atoms with van der Waals surface area (Å²) in [7, 11) is 0. The predicted molar refractivity (Wildman–Crippen MR) is 87.6 cm³/mol. The molecule has 1 saturated heterocycles. The molecule has 4 rings (SSSR count). The highest BCUT2D eigenvalue weighted by Gasteiger charge is 2.52. The predicted octanol–water partition coefficient (Wildman–Crippen LogP) is 2.81. The van der Waals surface area contributed by atoms with Gasteiger partial charge in [-0.25, -0.2) is 4.39 Å². The summed E-state index contributed by atoms with van der Waals surface area (Å²) in [5.41, 5.74) is 1.51. The molecular weight excluding hydrogens is 342 g/mol. The molecule has 0 bridgehead atoms. The van der Waals surface area contributed by atoms with Gasteiger partial charge in [0, 0.05) is 30.1 Å². The Morgan fingerprint density at radius 2 is 2.22 bits per heavy atom. The average Bonchev–Trinajstić information content (AvgIpc) is 3.15. The second kappa shape index (κ2) is 5.80. The topological polar surface area (TPSA) is 52.6 Å². The Balaban J connectivity index is 0.00000156. The molecule has 2 aliphatic heterocycles. The van der Waals surface area contributed by atoms with E-state index >= 15 is 0 Å². The maximum atomic E-state index is 13.8. The first-order valence-electron chi connectivity index (χ1n) is 7.70. The molecule has 2 N–H and O–H groups in total. The molecule has 1 saturated carbocycles. The number of fused-ring (bicyclic) bond motifs is 1. The Morgan fingerprint density at radius 3 is 2.87 bits per heavy atom. The number of nitrogens with zero attached hydrogens (tertiary/aromatic N) is 1. The largest absolute Gasteiger partial charge is 0.505 e. The van der Waals surface area contributed by atoms with Crippen LogP contribution in [0, 0.1) is 11.2 Å². The third-order valence-corrected chi connectivity index (χ3v) is 5.56. The number of amides is 1. The van der Waals surface area contributed by atoms with E-state index in [4.69, 9.17) is 11.6 Å². The van der Waals surface area contributed by atoms with Crippen LogP contribution < -0.4 is 5.32 Å². The van der Waals surface area contributed by atoms with Crippen LogP contribution in [0.1, 0.15) is 36.4 Å². The van der Waals surface area contributed by atoms with Crippen LogP contribution in [-0.4, -0.2) is 35.5 Å². The van der Waals surface area contributed by atoms with Gasteiger partial charge in [-0.05, 0) is 42.9 Å². The highest BCUT2D eigenvalue weighted by molar-refractivity contribution is 6.31. The van der Waals surface area contributed by atoms with Gasteiger partial charge in [0.25, 0.3) is 0 Å². The van der Waals surface area contributed by atoms with Crippen LogP contribution in [0.2, 0.25) is 5.02 Å². The monoisotopic (exact) mass is 360 g/mol. The molecule has 0 aromatic heterocycles. The fourth-order valence-electron chi connectivity index (χ4n) is 3.81. The van der Waals surface area contributed by atoms with Gasteiger partial charge in [0.1, 0.15) is 0 Å². The standard InChI is InChI=1S/C16H18ClFN2O2.ClH/c17-10-5-11(18)15(22)14-9(10)1-4-19-12(14)7-20-8-16(2-3-16)6-13(20)21;/h5,12,19,22H,1-4,6-8H2;1H/t12-;/m1./s1. The smallest absolute Gasteiger partial charge is 0.223 e. The van der Waals surface area contributed by atoms with Gasteiger partial charge >= 0.3 is 0 Å². The molecule has 126 valence electrons. The Kier molecular flexibility index (Phi) is 4.23. The molecule has 3 aliphatic rings. The Hall–Kier alpha value is -1.04. The van der Waals surface area contributed by atoms with E-state index in [0.29, 0.717) is 36.5 Å². The molecule has 0 radical (unpaired) electrons. The zero-order valence-corrected chi connectivity index (χ0v) is 14.1. The van der Waals surface area contributed by atoms with Crippen molar-refractivity contribution in [3.05, 3.63) is 28.0 Å². The number of phenols is 1. The van der Waals surface area contributed by atoms with Crippen LogP contribution in [-0.2, 0) is 11.2 Å². The van der Waals surface area contributed by atoms with E-state index in [1.807, 2.05) is 4.90 Å².